The maximum absolute atomic E-state index is 6.30. The first-order valence-electron chi connectivity index (χ1n) is 5.84. The topological polar surface area (TPSA) is 56.7 Å². The summed E-state index contributed by atoms with van der Waals surface area (Å²) in [5, 5.41) is 1.10. The minimum atomic E-state index is -0.261. The summed E-state index contributed by atoms with van der Waals surface area (Å²) in [6.07, 6.45) is 5.44. The molecule has 0 aliphatic carbocycles. The van der Waals surface area contributed by atoms with Crippen LogP contribution in [0.3, 0.4) is 0 Å². The van der Waals surface area contributed by atoms with Gasteiger partial charge in [0.25, 0.3) is 0 Å². The molecule has 1 unspecified atom stereocenters. The van der Waals surface area contributed by atoms with Crippen LogP contribution in [0.1, 0.15) is 17.4 Å². The minimum Gasteiger partial charge on any atom is -0.336 e. The van der Waals surface area contributed by atoms with E-state index in [9.17, 15) is 0 Å². The molecule has 0 aliphatic rings. The molecule has 0 spiro atoms. The second kappa shape index (κ2) is 4.23. The highest BCUT2D eigenvalue weighted by Crippen LogP contribution is 2.24. The predicted octanol–water partition coefficient (Wildman–Crippen LogP) is 2.02. The third-order valence-electron chi connectivity index (χ3n) is 3.14. The summed E-state index contributed by atoms with van der Waals surface area (Å²) in [6, 6.07) is 9.76. The number of pyridine rings is 1. The van der Waals surface area contributed by atoms with Gasteiger partial charge in [-0.15, -0.1) is 0 Å². The number of aromatic nitrogens is 3. The maximum Gasteiger partial charge on any atom is 0.130 e. The van der Waals surface area contributed by atoms with Gasteiger partial charge in [0, 0.05) is 36.6 Å². The molecule has 0 amide bonds. The van der Waals surface area contributed by atoms with Crippen LogP contribution in [0.2, 0.25) is 0 Å². The van der Waals surface area contributed by atoms with Crippen LogP contribution >= 0.6 is 0 Å². The molecule has 2 N–H and O–H groups in total. The Morgan fingerprint density at radius 2 is 1.94 bits per heavy atom. The summed E-state index contributed by atoms with van der Waals surface area (Å²) in [5.74, 6) is 0.841. The monoisotopic (exact) mass is 238 g/mol. The van der Waals surface area contributed by atoms with E-state index in [0.717, 1.165) is 22.3 Å². The molecule has 1 atom stereocenters. The molecule has 0 saturated carbocycles. The molecule has 2 aromatic heterocycles. The molecule has 3 rings (SSSR count). The Hall–Kier alpha value is -2.20. The Kier molecular flexibility index (Phi) is 2.57. The van der Waals surface area contributed by atoms with E-state index < -0.39 is 0 Å². The van der Waals surface area contributed by atoms with Gasteiger partial charge in [-0.2, -0.15) is 0 Å². The predicted molar refractivity (Wildman–Crippen MR) is 71.0 cm³/mol. The SMILES string of the molecule is Cn1ccnc1C(N)c1cccc2cccnc12. The highest BCUT2D eigenvalue weighted by atomic mass is 15.1. The van der Waals surface area contributed by atoms with Crippen molar-refractivity contribution in [2.45, 2.75) is 6.04 Å². The van der Waals surface area contributed by atoms with Crippen LogP contribution in [0, 0.1) is 0 Å². The van der Waals surface area contributed by atoms with Crippen molar-refractivity contribution >= 4 is 10.9 Å². The number of imidazole rings is 1. The second-order valence-electron chi connectivity index (χ2n) is 4.30. The van der Waals surface area contributed by atoms with Crippen LogP contribution in [0.5, 0.6) is 0 Å². The lowest BCUT2D eigenvalue weighted by atomic mass is 10.0. The first kappa shape index (κ1) is 10.9. The van der Waals surface area contributed by atoms with Crippen LogP contribution in [0.15, 0.2) is 48.9 Å². The summed E-state index contributed by atoms with van der Waals surface area (Å²) in [4.78, 5) is 8.73. The van der Waals surface area contributed by atoms with Crippen LogP contribution in [-0.4, -0.2) is 14.5 Å². The number of hydrogen-bond acceptors (Lipinski definition) is 3. The first-order chi connectivity index (χ1) is 8.77. The molecule has 0 radical (unpaired) electrons. The van der Waals surface area contributed by atoms with E-state index in [1.165, 1.54) is 0 Å². The van der Waals surface area contributed by atoms with Gasteiger partial charge in [0.15, 0.2) is 0 Å². The normalized spacial score (nSPS) is 12.8. The quantitative estimate of drug-likeness (QED) is 0.743. The van der Waals surface area contributed by atoms with Gasteiger partial charge < -0.3 is 10.3 Å². The molecule has 3 aromatic rings. The van der Waals surface area contributed by atoms with Crippen molar-refractivity contribution < 1.29 is 0 Å². The van der Waals surface area contributed by atoms with E-state index in [-0.39, 0.29) is 6.04 Å². The van der Waals surface area contributed by atoms with E-state index in [1.54, 1.807) is 12.4 Å². The van der Waals surface area contributed by atoms with Crippen LogP contribution in [0.4, 0.5) is 0 Å². The van der Waals surface area contributed by atoms with Gasteiger partial charge in [0.05, 0.1) is 11.6 Å². The summed E-state index contributed by atoms with van der Waals surface area (Å²) < 4.78 is 1.94. The third-order valence-corrected chi connectivity index (χ3v) is 3.14. The van der Waals surface area contributed by atoms with E-state index in [2.05, 4.69) is 9.97 Å². The van der Waals surface area contributed by atoms with Crippen molar-refractivity contribution in [3.8, 4) is 0 Å². The average Bonchev–Trinajstić information content (AvgIpc) is 2.83. The zero-order valence-electron chi connectivity index (χ0n) is 10.1. The molecular weight excluding hydrogens is 224 g/mol. The van der Waals surface area contributed by atoms with Crippen molar-refractivity contribution in [2.75, 3.05) is 0 Å². The Bertz CT molecular complexity index is 682. The third kappa shape index (κ3) is 1.67. The Labute approximate surface area is 105 Å². The summed E-state index contributed by atoms with van der Waals surface area (Å²) in [6.45, 7) is 0. The number of aryl methyl sites for hydroxylation is 1. The fourth-order valence-electron chi connectivity index (χ4n) is 2.19. The number of nitrogens with two attached hydrogens (primary N) is 1. The van der Waals surface area contributed by atoms with E-state index in [0.29, 0.717) is 0 Å². The molecule has 2 heterocycles. The zero-order valence-corrected chi connectivity index (χ0v) is 10.1. The highest BCUT2D eigenvalue weighted by Gasteiger charge is 2.16. The number of benzene rings is 1. The molecule has 4 nitrogen and oxygen atoms in total. The van der Waals surface area contributed by atoms with Gasteiger partial charge in [0.1, 0.15) is 5.82 Å². The second-order valence-corrected chi connectivity index (χ2v) is 4.30. The number of para-hydroxylation sites is 1. The zero-order chi connectivity index (χ0) is 12.5. The van der Waals surface area contributed by atoms with Crippen LogP contribution < -0.4 is 5.73 Å². The molecule has 0 fully saturated rings. The molecular formula is C14H14N4. The van der Waals surface area contributed by atoms with E-state index in [1.807, 2.05) is 48.1 Å². The van der Waals surface area contributed by atoms with Crippen LogP contribution in [0.25, 0.3) is 10.9 Å². The van der Waals surface area contributed by atoms with Gasteiger partial charge in [-0.05, 0) is 6.07 Å². The summed E-state index contributed by atoms with van der Waals surface area (Å²) in [5.41, 5.74) is 8.25. The number of fused-ring (bicyclic) bond motifs is 1. The van der Waals surface area contributed by atoms with Gasteiger partial charge in [-0.3, -0.25) is 4.98 Å². The number of rotatable bonds is 2. The van der Waals surface area contributed by atoms with Gasteiger partial charge in [-0.1, -0.05) is 24.3 Å². The summed E-state index contributed by atoms with van der Waals surface area (Å²) >= 11 is 0. The van der Waals surface area contributed by atoms with Crippen molar-refractivity contribution in [1.82, 2.24) is 14.5 Å². The molecule has 0 saturated heterocycles. The van der Waals surface area contributed by atoms with Gasteiger partial charge in [-0.25, -0.2) is 4.98 Å². The lowest BCUT2D eigenvalue weighted by molar-refractivity contribution is 0.719. The van der Waals surface area contributed by atoms with Gasteiger partial charge in [0.2, 0.25) is 0 Å². The van der Waals surface area contributed by atoms with E-state index in [4.69, 9.17) is 5.73 Å². The molecule has 18 heavy (non-hydrogen) atoms. The minimum absolute atomic E-state index is 0.261. The van der Waals surface area contributed by atoms with Crippen molar-refractivity contribution in [3.05, 3.63) is 60.3 Å². The molecule has 90 valence electrons. The maximum atomic E-state index is 6.30. The Morgan fingerprint density at radius 1 is 1.11 bits per heavy atom. The molecule has 0 bridgehead atoms. The molecule has 4 heteroatoms. The average molecular weight is 238 g/mol. The number of hydrogen-bond donors (Lipinski definition) is 1. The first-order valence-corrected chi connectivity index (χ1v) is 5.84. The van der Waals surface area contributed by atoms with Gasteiger partial charge >= 0.3 is 0 Å². The fraction of sp³-hybridized carbons (Fsp3) is 0.143. The Balaban J connectivity index is 2.18. The van der Waals surface area contributed by atoms with Crippen molar-refractivity contribution in [2.24, 2.45) is 12.8 Å². The van der Waals surface area contributed by atoms with Crippen molar-refractivity contribution in [1.29, 1.82) is 0 Å². The standard InChI is InChI=1S/C14H14N4/c1-18-9-8-17-14(18)12(15)11-6-2-4-10-5-3-7-16-13(10)11/h2-9,12H,15H2,1H3. The lowest BCUT2D eigenvalue weighted by Gasteiger charge is -2.13. The largest absolute Gasteiger partial charge is 0.336 e. The molecule has 1 aromatic carbocycles. The fourth-order valence-corrected chi connectivity index (χ4v) is 2.19. The lowest BCUT2D eigenvalue weighted by Crippen LogP contribution is -2.17. The summed E-state index contributed by atoms with van der Waals surface area (Å²) in [7, 11) is 1.95. The highest BCUT2D eigenvalue weighted by molar-refractivity contribution is 5.82. The molecule has 0 aliphatic heterocycles. The smallest absolute Gasteiger partial charge is 0.130 e. The van der Waals surface area contributed by atoms with Crippen LogP contribution in [-0.2, 0) is 7.05 Å². The van der Waals surface area contributed by atoms with E-state index >= 15 is 0 Å². The number of nitrogens with zero attached hydrogens (tertiary/aromatic N) is 3. The Morgan fingerprint density at radius 3 is 2.72 bits per heavy atom. The van der Waals surface area contributed by atoms with Crippen molar-refractivity contribution in [3.63, 3.8) is 0 Å².